The molecule has 6 nitrogen and oxygen atoms in total. The molecule has 2 rings (SSSR count). The molecule has 21 heavy (non-hydrogen) atoms. The van der Waals surface area contributed by atoms with Gasteiger partial charge in [-0.3, -0.25) is 9.88 Å². The molecule has 0 fully saturated rings. The first-order valence-electron chi connectivity index (χ1n) is 5.91. The molecule has 0 saturated heterocycles. The summed E-state index contributed by atoms with van der Waals surface area (Å²) in [6.45, 7) is -2.83. The predicted octanol–water partition coefficient (Wildman–Crippen LogP) is 2.48. The Balaban J connectivity index is 1.99. The van der Waals surface area contributed by atoms with Crippen molar-refractivity contribution >= 4 is 11.8 Å². The minimum absolute atomic E-state index is 0.0507. The molecule has 0 radical (unpaired) electrons. The van der Waals surface area contributed by atoms with Crippen LogP contribution in [0.2, 0.25) is 0 Å². The van der Waals surface area contributed by atoms with Crippen LogP contribution in [0.3, 0.4) is 0 Å². The van der Waals surface area contributed by atoms with E-state index >= 15 is 0 Å². The number of imidazole rings is 1. The number of nitrogens with zero attached hydrogens (tertiary/aromatic N) is 4. The van der Waals surface area contributed by atoms with Crippen molar-refractivity contribution in [1.29, 1.82) is 0 Å². The monoisotopic (exact) mass is 299 g/mol. The van der Waals surface area contributed by atoms with Crippen LogP contribution in [0.1, 0.15) is 12.4 Å². The lowest BCUT2D eigenvalue weighted by atomic mass is 10.4. The van der Waals surface area contributed by atoms with E-state index in [0.717, 1.165) is 23.4 Å². The average Bonchev–Trinajstić information content (AvgIpc) is 2.89. The molecule has 0 aliphatic rings. The summed E-state index contributed by atoms with van der Waals surface area (Å²) in [5.41, 5.74) is 0. The van der Waals surface area contributed by atoms with E-state index < -0.39 is 18.4 Å². The molecule has 0 aliphatic heterocycles. The number of hydrogen-bond acceptors (Lipinski definition) is 3. The number of aromatic nitrogens is 3. The zero-order chi connectivity index (χ0) is 15.4. The lowest BCUT2D eigenvalue weighted by molar-refractivity contribution is 0.0652. The minimum Gasteiger partial charge on any atom is -0.320 e. The van der Waals surface area contributed by atoms with E-state index in [1.54, 1.807) is 0 Å². The summed E-state index contributed by atoms with van der Waals surface area (Å²) < 4.78 is 38.7. The van der Waals surface area contributed by atoms with Gasteiger partial charge in [-0.25, -0.2) is 19.2 Å². The summed E-state index contributed by atoms with van der Waals surface area (Å²) in [5, 5.41) is 2.41. The normalized spacial score (nSPS) is 10.7. The highest BCUT2D eigenvalue weighted by Crippen LogP contribution is 2.14. The minimum atomic E-state index is -2.72. The van der Waals surface area contributed by atoms with Gasteiger partial charge in [-0.2, -0.15) is 8.78 Å². The number of pyridine rings is 1. The lowest BCUT2D eigenvalue weighted by Gasteiger charge is -2.17. The number of amides is 2. The smallest absolute Gasteiger partial charge is 0.320 e. The summed E-state index contributed by atoms with van der Waals surface area (Å²) >= 11 is 0. The van der Waals surface area contributed by atoms with E-state index in [0.29, 0.717) is 4.57 Å². The molecule has 0 atom stereocenters. The number of hydrogen-bond donors (Lipinski definition) is 1. The summed E-state index contributed by atoms with van der Waals surface area (Å²) in [6.07, 6.45) is 3.32. The van der Waals surface area contributed by atoms with Crippen LogP contribution in [-0.2, 0) is 6.54 Å². The molecule has 0 aliphatic carbocycles. The van der Waals surface area contributed by atoms with Gasteiger partial charge in [0, 0.05) is 19.4 Å². The third-order valence-corrected chi connectivity index (χ3v) is 2.65. The van der Waals surface area contributed by atoms with E-state index in [2.05, 4.69) is 15.3 Å². The predicted molar refractivity (Wildman–Crippen MR) is 68.2 cm³/mol. The third-order valence-electron chi connectivity index (χ3n) is 2.65. The Bertz CT molecular complexity index is 614. The number of anilines is 1. The fraction of sp³-hybridized carbons (Fsp3) is 0.250. The van der Waals surface area contributed by atoms with E-state index in [9.17, 15) is 18.0 Å². The fourth-order valence-corrected chi connectivity index (χ4v) is 1.58. The SMILES string of the molecule is CN(Cc1nccn1C(F)F)C(=O)Nc1ccc(F)cn1. The second kappa shape index (κ2) is 6.25. The number of alkyl halides is 2. The molecule has 112 valence electrons. The highest BCUT2D eigenvalue weighted by Gasteiger charge is 2.16. The molecular weight excluding hydrogens is 287 g/mol. The van der Waals surface area contributed by atoms with Gasteiger partial charge in [-0.15, -0.1) is 0 Å². The van der Waals surface area contributed by atoms with Crippen LogP contribution >= 0.6 is 0 Å². The van der Waals surface area contributed by atoms with Gasteiger partial charge < -0.3 is 4.90 Å². The summed E-state index contributed by atoms with van der Waals surface area (Å²) in [5.74, 6) is -0.319. The fourth-order valence-electron chi connectivity index (χ4n) is 1.58. The Kier molecular flexibility index (Phi) is 4.41. The first kappa shape index (κ1) is 14.8. The van der Waals surface area contributed by atoms with Gasteiger partial charge in [0.15, 0.2) is 0 Å². The van der Waals surface area contributed by atoms with Crippen molar-refractivity contribution in [3.63, 3.8) is 0 Å². The maximum atomic E-state index is 12.7. The average molecular weight is 299 g/mol. The first-order valence-corrected chi connectivity index (χ1v) is 5.91. The van der Waals surface area contributed by atoms with Crippen molar-refractivity contribution in [3.05, 3.63) is 42.4 Å². The number of rotatable bonds is 4. The molecule has 0 bridgehead atoms. The lowest BCUT2D eigenvalue weighted by Crippen LogP contribution is -2.32. The molecule has 0 spiro atoms. The molecule has 0 aromatic carbocycles. The number of halogens is 3. The quantitative estimate of drug-likeness (QED) is 0.943. The van der Waals surface area contributed by atoms with Gasteiger partial charge in [0.1, 0.15) is 17.5 Å². The van der Waals surface area contributed by atoms with Crippen molar-refractivity contribution < 1.29 is 18.0 Å². The maximum absolute atomic E-state index is 12.7. The molecule has 1 N–H and O–H groups in total. The highest BCUT2D eigenvalue weighted by molar-refractivity contribution is 5.87. The molecule has 9 heteroatoms. The van der Waals surface area contributed by atoms with Gasteiger partial charge >= 0.3 is 12.6 Å². The second-order valence-corrected chi connectivity index (χ2v) is 4.18. The van der Waals surface area contributed by atoms with Crippen LogP contribution in [0, 0.1) is 5.82 Å². The van der Waals surface area contributed by atoms with Crippen molar-refractivity contribution in [2.75, 3.05) is 12.4 Å². The summed E-state index contributed by atoms with van der Waals surface area (Å²) in [4.78, 5) is 20.5. The van der Waals surface area contributed by atoms with Crippen LogP contribution in [0.15, 0.2) is 30.7 Å². The van der Waals surface area contributed by atoms with E-state index in [1.165, 1.54) is 19.3 Å². The molecule has 0 unspecified atom stereocenters. The molecule has 2 amide bonds. The van der Waals surface area contributed by atoms with E-state index in [4.69, 9.17) is 0 Å². The zero-order valence-electron chi connectivity index (χ0n) is 11.0. The van der Waals surface area contributed by atoms with Gasteiger partial charge in [0.25, 0.3) is 0 Å². The number of carbonyl (C=O) groups is 1. The number of nitrogens with one attached hydrogen (secondary N) is 1. The van der Waals surface area contributed by atoms with Crippen LogP contribution in [0.5, 0.6) is 0 Å². The Hall–Kier alpha value is -2.58. The Morgan fingerprint density at radius 1 is 1.43 bits per heavy atom. The van der Waals surface area contributed by atoms with Crippen molar-refractivity contribution in [2.24, 2.45) is 0 Å². The van der Waals surface area contributed by atoms with E-state index in [1.807, 2.05) is 0 Å². The van der Waals surface area contributed by atoms with Gasteiger partial charge in [-0.1, -0.05) is 0 Å². The van der Waals surface area contributed by atoms with Gasteiger partial charge in [0.05, 0.1) is 12.7 Å². The second-order valence-electron chi connectivity index (χ2n) is 4.18. The third kappa shape index (κ3) is 3.71. The molecule has 2 aromatic rings. The molecule has 2 heterocycles. The molecule has 0 saturated carbocycles. The van der Waals surface area contributed by atoms with Crippen LogP contribution < -0.4 is 5.32 Å². The molecular formula is C12H12F3N5O. The van der Waals surface area contributed by atoms with Crippen LogP contribution in [0.25, 0.3) is 0 Å². The topological polar surface area (TPSA) is 63.1 Å². The summed E-state index contributed by atoms with van der Waals surface area (Å²) in [7, 11) is 1.42. The van der Waals surface area contributed by atoms with E-state index in [-0.39, 0.29) is 18.2 Å². The number of carbonyl (C=O) groups excluding carboxylic acids is 1. The standard InChI is InChI=1S/C12H12F3N5O/c1-19(7-10-16-4-5-20(10)11(14)15)12(21)18-9-3-2-8(13)6-17-9/h2-6,11H,7H2,1H3,(H,17,18,21). The Morgan fingerprint density at radius 3 is 2.81 bits per heavy atom. The Morgan fingerprint density at radius 2 is 2.19 bits per heavy atom. The summed E-state index contributed by atoms with van der Waals surface area (Å²) in [6, 6.07) is 1.87. The Labute approximate surface area is 118 Å². The van der Waals surface area contributed by atoms with Crippen LogP contribution in [0.4, 0.5) is 23.8 Å². The zero-order valence-corrected chi connectivity index (χ0v) is 11.0. The van der Waals surface area contributed by atoms with Gasteiger partial charge in [-0.05, 0) is 12.1 Å². The maximum Gasteiger partial charge on any atom is 0.323 e. The molecule has 2 aromatic heterocycles. The van der Waals surface area contributed by atoms with Crippen molar-refractivity contribution in [3.8, 4) is 0 Å². The van der Waals surface area contributed by atoms with Crippen molar-refractivity contribution in [1.82, 2.24) is 19.4 Å². The largest absolute Gasteiger partial charge is 0.323 e. The van der Waals surface area contributed by atoms with Crippen LogP contribution in [-0.4, -0.2) is 32.5 Å². The van der Waals surface area contributed by atoms with Gasteiger partial charge in [0.2, 0.25) is 0 Å². The number of urea groups is 1. The first-order chi connectivity index (χ1) is 9.97. The van der Waals surface area contributed by atoms with Crippen molar-refractivity contribution in [2.45, 2.75) is 13.1 Å². The highest BCUT2D eigenvalue weighted by atomic mass is 19.3.